The first-order valence-corrected chi connectivity index (χ1v) is 9.86. The number of rotatable bonds is 3. The highest BCUT2D eigenvalue weighted by Gasteiger charge is 2.31. The zero-order chi connectivity index (χ0) is 16.4. The summed E-state index contributed by atoms with van der Waals surface area (Å²) in [6, 6.07) is 0. The number of likely N-dealkylation sites (tertiary alicyclic amines) is 1. The topological polar surface area (TPSA) is 3.24 Å². The maximum atomic E-state index is 2.77. The Kier molecular flexibility index (Phi) is 6.02. The molecule has 130 valence electrons. The zero-order valence-electron chi connectivity index (χ0n) is 16.3. The molecule has 0 aromatic heterocycles. The van der Waals surface area contributed by atoms with Gasteiger partial charge in [0, 0.05) is 6.54 Å². The Morgan fingerprint density at radius 3 is 1.68 bits per heavy atom. The Bertz CT molecular complexity index is 317. The Labute approximate surface area is 140 Å². The van der Waals surface area contributed by atoms with Crippen LogP contribution in [0.5, 0.6) is 0 Å². The van der Waals surface area contributed by atoms with E-state index in [0.29, 0.717) is 10.8 Å². The monoisotopic (exact) mass is 307 g/mol. The largest absolute Gasteiger partial charge is 0.303 e. The van der Waals surface area contributed by atoms with Gasteiger partial charge >= 0.3 is 0 Å². The summed E-state index contributed by atoms with van der Waals surface area (Å²) in [4.78, 5) is 2.77. The van der Waals surface area contributed by atoms with Gasteiger partial charge in [-0.3, -0.25) is 0 Å². The van der Waals surface area contributed by atoms with Crippen LogP contribution in [0.15, 0.2) is 0 Å². The van der Waals surface area contributed by atoms with E-state index in [4.69, 9.17) is 0 Å². The van der Waals surface area contributed by atoms with Crippen LogP contribution in [0.3, 0.4) is 0 Å². The molecule has 1 aliphatic heterocycles. The van der Waals surface area contributed by atoms with Crippen LogP contribution in [0.2, 0.25) is 0 Å². The van der Waals surface area contributed by atoms with E-state index in [-0.39, 0.29) is 0 Å². The Balaban J connectivity index is 1.67. The van der Waals surface area contributed by atoms with Crippen molar-refractivity contribution in [2.75, 3.05) is 19.6 Å². The third-order valence-corrected chi connectivity index (χ3v) is 6.20. The lowest BCUT2D eigenvalue weighted by Gasteiger charge is -2.41. The lowest BCUT2D eigenvalue weighted by molar-refractivity contribution is 0.0885. The SMILES string of the molecule is CC(C)(C)CC1CCC(CN2CCC(C(C)(C)C)CC2)CC1. The van der Waals surface area contributed by atoms with Crippen molar-refractivity contribution in [2.45, 2.75) is 86.5 Å². The molecule has 1 heterocycles. The first kappa shape index (κ1) is 18.3. The average molecular weight is 308 g/mol. The number of nitrogens with zero attached hydrogens (tertiary/aromatic N) is 1. The number of piperidine rings is 1. The van der Waals surface area contributed by atoms with Crippen molar-refractivity contribution in [2.24, 2.45) is 28.6 Å². The van der Waals surface area contributed by atoms with Gasteiger partial charge in [0.2, 0.25) is 0 Å². The minimum atomic E-state index is 0.511. The molecule has 1 aliphatic carbocycles. The minimum Gasteiger partial charge on any atom is -0.303 e. The maximum Gasteiger partial charge on any atom is 0.000966 e. The van der Waals surface area contributed by atoms with Crippen LogP contribution in [-0.2, 0) is 0 Å². The van der Waals surface area contributed by atoms with Gasteiger partial charge in [-0.05, 0) is 73.8 Å². The van der Waals surface area contributed by atoms with Gasteiger partial charge in [0.05, 0.1) is 0 Å². The van der Waals surface area contributed by atoms with Gasteiger partial charge in [0.1, 0.15) is 0 Å². The van der Waals surface area contributed by atoms with Crippen LogP contribution in [-0.4, -0.2) is 24.5 Å². The minimum absolute atomic E-state index is 0.511. The fourth-order valence-electron chi connectivity index (χ4n) is 4.83. The normalized spacial score (nSPS) is 29.7. The fraction of sp³-hybridized carbons (Fsp3) is 1.00. The van der Waals surface area contributed by atoms with Gasteiger partial charge in [-0.1, -0.05) is 54.4 Å². The molecule has 1 nitrogen and oxygen atoms in total. The van der Waals surface area contributed by atoms with Crippen LogP contribution < -0.4 is 0 Å². The molecule has 22 heavy (non-hydrogen) atoms. The molecule has 2 fully saturated rings. The highest BCUT2D eigenvalue weighted by Crippen LogP contribution is 2.38. The molecule has 1 saturated carbocycles. The summed E-state index contributed by atoms with van der Waals surface area (Å²) >= 11 is 0. The summed E-state index contributed by atoms with van der Waals surface area (Å²) in [5.41, 5.74) is 1.03. The van der Waals surface area contributed by atoms with Gasteiger partial charge in [-0.25, -0.2) is 0 Å². The maximum absolute atomic E-state index is 2.77. The predicted octanol–water partition coefficient (Wildman–Crippen LogP) is 5.99. The molecule has 0 atom stereocenters. The predicted molar refractivity (Wildman–Crippen MR) is 98.1 cm³/mol. The molecule has 2 aliphatic rings. The molecule has 0 unspecified atom stereocenters. The molecule has 0 radical (unpaired) electrons. The lowest BCUT2D eigenvalue weighted by Crippen LogP contribution is -2.40. The lowest BCUT2D eigenvalue weighted by atomic mass is 9.73. The van der Waals surface area contributed by atoms with E-state index in [1.54, 1.807) is 0 Å². The van der Waals surface area contributed by atoms with Crippen molar-refractivity contribution in [3.63, 3.8) is 0 Å². The molecule has 0 bridgehead atoms. The average Bonchev–Trinajstić information content (AvgIpc) is 2.39. The van der Waals surface area contributed by atoms with E-state index in [1.165, 1.54) is 64.6 Å². The van der Waals surface area contributed by atoms with E-state index in [1.807, 2.05) is 0 Å². The van der Waals surface area contributed by atoms with Crippen LogP contribution in [0.25, 0.3) is 0 Å². The summed E-state index contributed by atoms with van der Waals surface area (Å²) in [6.45, 7) is 18.6. The van der Waals surface area contributed by atoms with Gasteiger partial charge in [-0.15, -0.1) is 0 Å². The molecular weight excluding hydrogens is 266 g/mol. The molecule has 2 rings (SSSR count). The van der Waals surface area contributed by atoms with E-state index in [0.717, 1.165) is 17.8 Å². The molecule has 0 aromatic rings. The molecule has 0 spiro atoms. The van der Waals surface area contributed by atoms with Crippen molar-refractivity contribution >= 4 is 0 Å². The number of hydrogen-bond donors (Lipinski definition) is 0. The smallest absolute Gasteiger partial charge is 0.000966 e. The summed E-state index contributed by atoms with van der Waals surface area (Å²) in [5.74, 6) is 2.93. The van der Waals surface area contributed by atoms with E-state index < -0.39 is 0 Å². The second-order valence-electron chi connectivity index (χ2n) is 10.6. The quantitative estimate of drug-likeness (QED) is 0.619. The molecule has 0 aromatic carbocycles. The zero-order valence-corrected chi connectivity index (χ0v) is 16.3. The van der Waals surface area contributed by atoms with Crippen molar-refractivity contribution < 1.29 is 0 Å². The molecule has 0 N–H and O–H groups in total. The third kappa shape index (κ3) is 5.87. The second kappa shape index (κ2) is 7.24. The van der Waals surface area contributed by atoms with Crippen LogP contribution >= 0.6 is 0 Å². The van der Waals surface area contributed by atoms with E-state index in [2.05, 4.69) is 46.4 Å². The Morgan fingerprint density at radius 1 is 0.727 bits per heavy atom. The summed E-state index contributed by atoms with van der Waals surface area (Å²) in [7, 11) is 0. The van der Waals surface area contributed by atoms with Crippen LogP contribution in [0.4, 0.5) is 0 Å². The second-order valence-corrected chi connectivity index (χ2v) is 10.6. The Hall–Kier alpha value is -0.0400. The standard InChI is InChI=1S/C21H41N/c1-20(2,3)15-17-7-9-18(10-8-17)16-22-13-11-19(12-14-22)21(4,5)6/h17-19H,7-16H2,1-6H3. The van der Waals surface area contributed by atoms with E-state index >= 15 is 0 Å². The van der Waals surface area contributed by atoms with Crippen LogP contribution in [0.1, 0.15) is 86.5 Å². The van der Waals surface area contributed by atoms with Crippen molar-refractivity contribution in [3.8, 4) is 0 Å². The summed E-state index contributed by atoms with van der Waals surface area (Å²) in [6.07, 6.45) is 10.2. The summed E-state index contributed by atoms with van der Waals surface area (Å²) in [5, 5.41) is 0. The Morgan fingerprint density at radius 2 is 1.23 bits per heavy atom. The van der Waals surface area contributed by atoms with E-state index in [9.17, 15) is 0 Å². The number of hydrogen-bond acceptors (Lipinski definition) is 1. The fourth-order valence-corrected chi connectivity index (χ4v) is 4.83. The van der Waals surface area contributed by atoms with Crippen LogP contribution in [0, 0.1) is 28.6 Å². The summed E-state index contributed by atoms with van der Waals surface area (Å²) < 4.78 is 0. The van der Waals surface area contributed by atoms with Gasteiger partial charge in [0.25, 0.3) is 0 Å². The van der Waals surface area contributed by atoms with Gasteiger partial charge in [0.15, 0.2) is 0 Å². The van der Waals surface area contributed by atoms with Gasteiger partial charge in [-0.2, -0.15) is 0 Å². The van der Waals surface area contributed by atoms with Crippen molar-refractivity contribution in [1.29, 1.82) is 0 Å². The third-order valence-electron chi connectivity index (χ3n) is 6.20. The first-order valence-electron chi connectivity index (χ1n) is 9.86. The molecular formula is C21H41N. The molecule has 1 heteroatoms. The first-order chi connectivity index (χ1) is 10.1. The van der Waals surface area contributed by atoms with Crippen molar-refractivity contribution in [1.82, 2.24) is 4.90 Å². The van der Waals surface area contributed by atoms with Crippen molar-refractivity contribution in [3.05, 3.63) is 0 Å². The van der Waals surface area contributed by atoms with Gasteiger partial charge < -0.3 is 4.90 Å². The highest BCUT2D eigenvalue weighted by molar-refractivity contribution is 4.83. The molecule has 0 amide bonds. The molecule has 1 saturated heterocycles. The highest BCUT2D eigenvalue weighted by atomic mass is 15.1.